The molecule has 0 saturated carbocycles. The van der Waals surface area contributed by atoms with E-state index in [0.717, 1.165) is 0 Å². The van der Waals surface area contributed by atoms with Crippen molar-refractivity contribution < 1.29 is 46.1 Å². The Morgan fingerprint density at radius 1 is 1.23 bits per heavy atom. The molecule has 13 heteroatoms. The molecule has 2 aromatic rings. The highest BCUT2D eigenvalue weighted by molar-refractivity contribution is 7.80. The number of ether oxygens (including phenoxy) is 2. The van der Waals surface area contributed by atoms with E-state index in [1.807, 2.05) is 0 Å². The first-order chi connectivity index (χ1) is 14.4. The highest BCUT2D eigenvalue weighted by atomic mass is 32.3. The fourth-order valence-corrected chi connectivity index (χ4v) is 3.53. The lowest BCUT2D eigenvalue weighted by atomic mass is 9.97. The highest BCUT2D eigenvalue weighted by Gasteiger charge is 2.46. The first-order valence-corrected chi connectivity index (χ1v) is 10.4. The Morgan fingerprint density at radius 3 is 2.58 bits per heavy atom. The van der Waals surface area contributed by atoms with Crippen LogP contribution in [-0.2, 0) is 24.1 Å². The molecule has 0 unspecified atom stereocenters. The van der Waals surface area contributed by atoms with E-state index < -0.39 is 59.2 Å². The Hall–Kier alpha value is -2.55. The summed E-state index contributed by atoms with van der Waals surface area (Å²) in [4.78, 5) is 23.2. The number of hydrogen-bond donors (Lipinski definition) is 4. The van der Waals surface area contributed by atoms with E-state index in [1.165, 1.54) is 25.1 Å². The highest BCUT2D eigenvalue weighted by Crippen LogP contribution is 2.27. The van der Waals surface area contributed by atoms with Gasteiger partial charge in [-0.2, -0.15) is 8.42 Å². The minimum absolute atomic E-state index is 0.139. The third-order valence-corrected chi connectivity index (χ3v) is 5.06. The molecule has 1 aromatic heterocycles. The molecule has 0 radical (unpaired) electrons. The van der Waals surface area contributed by atoms with Gasteiger partial charge in [0.2, 0.25) is 12.2 Å². The van der Waals surface area contributed by atoms with Gasteiger partial charge in [-0.1, -0.05) is 0 Å². The number of aliphatic hydroxyl groups excluding tert-OH is 2. The van der Waals surface area contributed by atoms with Crippen molar-refractivity contribution in [3.8, 4) is 5.75 Å². The molecule has 1 aliphatic rings. The fourth-order valence-electron chi connectivity index (χ4n) is 3.22. The Bertz CT molecular complexity index is 1130. The van der Waals surface area contributed by atoms with Crippen LogP contribution in [0.15, 0.2) is 33.5 Å². The number of nitrogens with one attached hydrogen (secondary N) is 1. The molecule has 1 fully saturated rings. The van der Waals surface area contributed by atoms with Gasteiger partial charge in [0.15, 0.2) is 0 Å². The van der Waals surface area contributed by atoms with Crippen LogP contribution in [0, 0.1) is 6.92 Å². The summed E-state index contributed by atoms with van der Waals surface area (Å²) in [6.45, 7) is 2.08. The molecule has 5 atom stereocenters. The quantitative estimate of drug-likeness (QED) is 0.315. The molecule has 1 amide bonds. The van der Waals surface area contributed by atoms with E-state index in [1.54, 1.807) is 13.0 Å². The fraction of sp³-hybridized carbons (Fsp3) is 0.444. The van der Waals surface area contributed by atoms with Gasteiger partial charge < -0.3 is 29.4 Å². The Balaban J connectivity index is 1.89. The summed E-state index contributed by atoms with van der Waals surface area (Å²) in [5.74, 6) is -0.416. The van der Waals surface area contributed by atoms with Gasteiger partial charge in [-0.3, -0.25) is 9.35 Å². The van der Waals surface area contributed by atoms with E-state index in [4.69, 9.17) is 18.4 Å². The van der Waals surface area contributed by atoms with Crippen molar-refractivity contribution in [2.75, 3.05) is 6.61 Å². The summed E-state index contributed by atoms with van der Waals surface area (Å²) in [6.07, 6.45) is -6.12. The molecule has 2 heterocycles. The predicted molar refractivity (Wildman–Crippen MR) is 104 cm³/mol. The third kappa shape index (κ3) is 5.58. The molecule has 31 heavy (non-hydrogen) atoms. The Labute approximate surface area is 176 Å². The summed E-state index contributed by atoms with van der Waals surface area (Å²) in [7, 11) is -4.83. The normalized spacial score (nSPS) is 26.5. The second-order valence-corrected chi connectivity index (χ2v) is 8.08. The van der Waals surface area contributed by atoms with Crippen molar-refractivity contribution in [2.45, 2.75) is 44.5 Å². The maximum Gasteiger partial charge on any atom is 0.397 e. The minimum atomic E-state index is -4.83. The van der Waals surface area contributed by atoms with Crippen LogP contribution in [0.2, 0.25) is 0 Å². The minimum Gasteiger partial charge on any atom is -0.462 e. The van der Waals surface area contributed by atoms with E-state index in [2.05, 4.69) is 9.50 Å². The van der Waals surface area contributed by atoms with Crippen molar-refractivity contribution in [1.82, 2.24) is 5.32 Å². The molecule has 0 aliphatic carbocycles. The molecule has 3 rings (SSSR count). The van der Waals surface area contributed by atoms with E-state index in [0.29, 0.717) is 10.9 Å². The number of fused-ring (bicyclic) bond motifs is 1. The maximum absolute atomic E-state index is 11.6. The zero-order valence-corrected chi connectivity index (χ0v) is 17.2. The SMILES string of the molecule is CC(=O)N[C@@H]1[C@H](Oc2ccc3c(C)cc(=O)oc3c2)O[C@H](COS(=O)(=O)O)[C@H](O)[C@@H]1O. The van der Waals surface area contributed by atoms with Gasteiger partial charge >= 0.3 is 16.0 Å². The molecule has 0 bridgehead atoms. The van der Waals surface area contributed by atoms with Crippen molar-refractivity contribution in [3.63, 3.8) is 0 Å². The molecule has 4 N–H and O–H groups in total. The van der Waals surface area contributed by atoms with Crippen LogP contribution in [0.5, 0.6) is 5.75 Å². The second-order valence-electron chi connectivity index (χ2n) is 6.99. The standard InChI is InChI=1S/C18H21NO11S/c1-8-5-14(21)29-12-6-10(3-4-11(8)12)28-18-15(19-9(2)20)17(23)16(22)13(30-18)7-27-31(24,25)26/h3-6,13,15-18,22-23H,7H2,1-2H3,(H,19,20)(H,24,25,26)/t13-,15+,16+,17-,18-/m1/s1. The van der Waals surface area contributed by atoms with E-state index in [-0.39, 0.29) is 11.3 Å². The first kappa shape index (κ1) is 23.1. The average molecular weight is 459 g/mol. The maximum atomic E-state index is 11.6. The number of amides is 1. The number of hydrogen-bond acceptors (Lipinski definition) is 10. The number of rotatable bonds is 6. The molecular formula is C18H21NO11S. The number of carbonyl (C=O) groups is 1. The van der Waals surface area contributed by atoms with Gasteiger partial charge in [-0.15, -0.1) is 0 Å². The molecule has 170 valence electrons. The van der Waals surface area contributed by atoms with Crippen LogP contribution >= 0.6 is 0 Å². The van der Waals surface area contributed by atoms with Crippen molar-refractivity contribution >= 4 is 27.3 Å². The van der Waals surface area contributed by atoms with Crippen molar-refractivity contribution in [3.05, 3.63) is 40.2 Å². The van der Waals surface area contributed by atoms with Gasteiger partial charge in [0.25, 0.3) is 0 Å². The van der Waals surface area contributed by atoms with Gasteiger partial charge in [-0.05, 0) is 24.6 Å². The van der Waals surface area contributed by atoms with Crippen LogP contribution in [0.3, 0.4) is 0 Å². The zero-order valence-electron chi connectivity index (χ0n) is 16.4. The van der Waals surface area contributed by atoms with Crippen LogP contribution in [0.1, 0.15) is 12.5 Å². The summed E-state index contributed by atoms with van der Waals surface area (Å²) >= 11 is 0. The molecule has 1 aliphatic heterocycles. The van der Waals surface area contributed by atoms with Crippen LogP contribution in [-0.4, -0.2) is 66.3 Å². The van der Waals surface area contributed by atoms with Gasteiger partial charge in [0, 0.05) is 24.4 Å². The van der Waals surface area contributed by atoms with Crippen molar-refractivity contribution in [2.24, 2.45) is 0 Å². The van der Waals surface area contributed by atoms with Crippen LogP contribution in [0.25, 0.3) is 11.0 Å². The number of aliphatic hydroxyl groups is 2. The topological polar surface area (TPSA) is 182 Å². The monoisotopic (exact) mass is 459 g/mol. The van der Waals surface area contributed by atoms with E-state index in [9.17, 15) is 28.2 Å². The lowest BCUT2D eigenvalue weighted by Crippen LogP contribution is -2.65. The van der Waals surface area contributed by atoms with Crippen LogP contribution < -0.4 is 15.7 Å². The first-order valence-electron chi connectivity index (χ1n) is 9.06. The summed E-state index contributed by atoms with van der Waals surface area (Å²) in [5.41, 5.74) is 0.346. The number of benzene rings is 1. The van der Waals surface area contributed by atoms with Gasteiger partial charge in [-0.25, -0.2) is 8.98 Å². The molecule has 1 saturated heterocycles. The molecule has 0 spiro atoms. The average Bonchev–Trinajstić information content (AvgIpc) is 2.65. The summed E-state index contributed by atoms with van der Waals surface area (Å²) in [6, 6.07) is 4.65. The Kier molecular flexibility index (Phi) is 6.64. The molecule has 1 aromatic carbocycles. The lowest BCUT2D eigenvalue weighted by Gasteiger charge is -2.42. The van der Waals surface area contributed by atoms with E-state index >= 15 is 0 Å². The summed E-state index contributed by atoms with van der Waals surface area (Å²) < 4.78 is 51.0. The largest absolute Gasteiger partial charge is 0.462 e. The molecule has 12 nitrogen and oxygen atoms in total. The second kappa shape index (κ2) is 8.90. The van der Waals surface area contributed by atoms with Crippen molar-refractivity contribution in [1.29, 1.82) is 0 Å². The van der Waals surface area contributed by atoms with Gasteiger partial charge in [0.05, 0.1) is 6.61 Å². The predicted octanol–water partition coefficient (Wildman–Crippen LogP) is -0.749. The summed E-state index contributed by atoms with van der Waals surface area (Å²) in [5, 5.41) is 23.7. The molecular weight excluding hydrogens is 438 g/mol. The third-order valence-electron chi connectivity index (χ3n) is 4.63. The lowest BCUT2D eigenvalue weighted by molar-refractivity contribution is -0.242. The Morgan fingerprint density at radius 2 is 1.94 bits per heavy atom. The van der Waals surface area contributed by atoms with Gasteiger partial charge in [0.1, 0.15) is 35.7 Å². The van der Waals surface area contributed by atoms with Crippen LogP contribution in [0.4, 0.5) is 0 Å². The number of carbonyl (C=O) groups excluding carboxylic acids is 1. The smallest absolute Gasteiger partial charge is 0.397 e. The zero-order chi connectivity index (χ0) is 22.9. The number of aryl methyl sites for hydroxylation is 1.